The summed E-state index contributed by atoms with van der Waals surface area (Å²) in [4.78, 5) is 10.7. The van der Waals surface area contributed by atoms with E-state index >= 15 is 0 Å². The van der Waals surface area contributed by atoms with Crippen molar-refractivity contribution in [1.29, 1.82) is 0 Å². The van der Waals surface area contributed by atoms with Crippen LogP contribution in [0.5, 0.6) is 5.75 Å². The minimum atomic E-state index is -1.20. The standard InChI is InChI=1S/C13H10F2O4/c1-7-8(5-11(19-7)13(16)17)6-18-10-4-2-3-9(14)12(10)15/h2-5H,6H2,1H3,(H,16,17). The molecule has 0 aliphatic rings. The first-order valence-electron chi connectivity index (χ1n) is 5.38. The molecule has 0 amide bonds. The van der Waals surface area contributed by atoms with Crippen LogP contribution in [-0.4, -0.2) is 11.1 Å². The maximum atomic E-state index is 13.3. The minimum absolute atomic E-state index is 0.108. The molecule has 1 N–H and O–H groups in total. The molecule has 4 nitrogen and oxygen atoms in total. The molecule has 2 rings (SSSR count). The van der Waals surface area contributed by atoms with Crippen molar-refractivity contribution in [2.45, 2.75) is 13.5 Å². The summed E-state index contributed by atoms with van der Waals surface area (Å²) in [5.41, 5.74) is 0.459. The SMILES string of the molecule is Cc1oc(C(=O)O)cc1COc1cccc(F)c1F. The Bertz CT molecular complexity index is 619. The number of carbonyl (C=O) groups is 1. The molecule has 0 radical (unpaired) electrons. The Balaban J connectivity index is 2.14. The maximum Gasteiger partial charge on any atom is 0.371 e. The minimum Gasteiger partial charge on any atom is -0.486 e. The molecule has 0 aliphatic carbocycles. The predicted molar refractivity (Wildman–Crippen MR) is 61.1 cm³/mol. The lowest BCUT2D eigenvalue weighted by molar-refractivity contribution is 0.0661. The van der Waals surface area contributed by atoms with E-state index in [2.05, 4.69) is 0 Å². The van der Waals surface area contributed by atoms with E-state index in [9.17, 15) is 13.6 Å². The summed E-state index contributed by atoms with van der Waals surface area (Å²) in [6.07, 6.45) is 0. The number of aromatic carboxylic acids is 1. The quantitative estimate of drug-likeness (QED) is 0.925. The largest absolute Gasteiger partial charge is 0.486 e. The van der Waals surface area contributed by atoms with Gasteiger partial charge in [-0.3, -0.25) is 0 Å². The number of ether oxygens (including phenoxy) is 1. The number of carboxylic acids is 1. The number of halogens is 2. The summed E-state index contributed by atoms with van der Waals surface area (Å²) in [5.74, 6) is -3.40. The normalized spacial score (nSPS) is 10.5. The fraction of sp³-hybridized carbons (Fsp3) is 0.154. The summed E-state index contributed by atoms with van der Waals surface area (Å²) >= 11 is 0. The second-order valence-corrected chi connectivity index (χ2v) is 3.84. The molecule has 0 spiro atoms. The van der Waals surface area contributed by atoms with Crippen molar-refractivity contribution in [3.63, 3.8) is 0 Å². The number of benzene rings is 1. The second-order valence-electron chi connectivity index (χ2n) is 3.84. The molecule has 1 aromatic heterocycles. The van der Waals surface area contributed by atoms with Crippen molar-refractivity contribution in [3.8, 4) is 5.75 Å². The van der Waals surface area contributed by atoms with Crippen LogP contribution in [0.25, 0.3) is 0 Å². The average molecular weight is 268 g/mol. The van der Waals surface area contributed by atoms with E-state index in [1.165, 1.54) is 18.2 Å². The van der Waals surface area contributed by atoms with Crippen LogP contribution in [0.2, 0.25) is 0 Å². The zero-order valence-corrected chi connectivity index (χ0v) is 9.94. The van der Waals surface area contributed by atoms with Crippen LogP contribution < -0.4 is 4.74 Å². The van der Waals surface area contributed by atoms with Crippen LogP contribution in [0, 0.1) is 18.6 Å². The third-order valence-electron chi connectivity index (χ3n) is 2.53. The molecule has 0 fully saturated rings. The van der Waals surface area contributed by atoms with Crippen molar-refractivity contribution in [2.24, 2.45) is 0 Å². The Morgan fingerprint density at radius 1 is 1.42 bits per heavy atom. The average Bonchev–Trinajstić information content (AvgIpc) is 2.73. The molecule has 6 heteroatoms. The van der Waals surface area contributed by atoms with Gasteiger partial charge in [0, 0.05) is 5.56 Å². The molecular formula is C13H10F2O4. The van der Waals surface area contributed by atoms with Crippen molar-refractivity contribution < 1.29 is 27.8 Å². The van der Waals surface area contributed by atoms with E-state index in [4.69, 9.17) is 14.3 Å². The lowest BCUT2D eigenvalue weighted by atomic mass is 10.2. The molecule has 0 aliphatic heterocycles. The highest BCUT2D eigenvalue weighted by Crippen LogP contribution is 2.22. The molecule has 1 aromatic carbocycles. The van der Waals surface area contributed by atoms with Crippen LogP contribution in [0.15, 0.2) is 28.7 Å². The van der Waals surface area contributed by atoms with E-state index in [0.29, 0.717) is 11.3 Å². The van der Waals surface area contributed by atoms with Gasteiger partial charge in [0.2, 0.25) is 11.6 Å². The highest BCUT2D eigenvalue weighted by molar-refractivity contribution is 5.84. The Kier molecular flexibility index (Phi) is 3.50. The molecule has 0 atom stereocenters. The molecular weight excluding hydrogens is 258 g/mol. The zero-order chi connectivity index (χ0) is 14.0. The Morgan fingerprint density at radius 2 is 2.16 bits per heavy atom. The van der Waals surface area contributed by atoms with Gasteiger partial charge in [0.05, 0.1) is 0 Å². The third-order valence-corrected chi connectivity index (χ3v) is 2.53. The first-order valence-corrected chi connectivity index (χ1v) is 5.38. The van der Waals surface area contributed by atoms with Crippen molar-refractivity contribution >= 4 is 5.97 Å². The zero-order valence-electron chi connectivity index (χ0n) is 9.94. The lowest BCUT2D eigenvalue weighted by Gasteiger charge is -2.06. The Labute approximate surface area is 107 Å². The van der Waals surface area contributed by atoms with Crippen molar-refractivity contribution in [3.05, 3.63) is 53.0 Å². The first kappa shape index (κ1) is 13.1. The summed E-state index contributed by atoms with van der Waals surface area (Å²) in [6, 6.07) is 4.87. The number of hydrogen-bond donors (Lipinski definition) is 1. The van der Waals surface area contributed by atoms with Gasteiger partial charge in [-0.1, -0.05) is 6.07 Å². The van der Waals surface area contributed by atoms with E-state index in [1.807, 2.05) is 0 Å². The molecule has 0 unspecified atom stereocenters. The highest BCUT2D eigenvalue weighted by atomic mass is 19.2. The number of carboxylic acid groups (broad SMARTS) is 1. The maximum absolute atomic E-state index is 13.3. The van der Waals surface area contributed by atoms with Gasteiger partial charge in [0.15, 0.2) is 11.6 Å². The third kappa shape index (κ3) is 2.73. The molecule has 0 saturated carbocycles. The molecule has 100 valence electrons. The van der Waals surface area contributed by atoms with E-state index in [1.54, 1.807) is 6.92 Å². The fourth-order valence-corrected chi connectivity index (χ4v) is 1.52. The van der Waals surface area contributed by atoms with Gasteiger partial charge >= 0.3 is 5.97 Å². The van der Waals surface area contributed by atoms with E-state index in [-0.39, 0.29) is 18.1 Å². The Morgan fingerprint density at radius 3 is 2.79 bits per heavy atom. The lowest BCUT2D eigenvalue weighted by Crippen LogP contribution is -1.99. The van der Waals surface area contributed by atoms with Crippen LogP contribution in [-0.2, 0) is 6.61 Å². The predicted octanol–water partition coefficient (Wildman–Crippen LogP) is 3.14. The van der Waals surface area contributed by atoms with Gasteiger partial charge in [0.25, 0.3) is 0 Å². The van der Waals surface area contributed by atoms with E-state index in [0.717, 1.165) is 6.07 Å². The van der Waals surface area contributed by atoms with Crippen molar-refractivity contribution in [1.82, 2.24) is 0 Å². The summed E-state index contributed by atoms with van der Waals surface area (Å²) in [5, 5.41) is 8.74. The smallest absolute Gasteiger partial charge is 0.371 e. The summed E-state index contributed by atoms with van der Waals surface area (Å²) in [7, 11) is 0. The molecule has 1 heterocycles. The number of hydrogen-bond acceptors (Lipinski definition) is 3. The van der Waals surface area contributed by atoms with Gasteiger partial charge in [0.1, 0.15) is 12.4 Å². The van der Waals surface area contributed by atoms with Gasteiger partial charge in [-0.05, 0) is 25.1 Å². The van der Waals surface area contributed by atoms with Gasteiger partial charge in [-0.25, -0.2) is 9.18 Å². The van der Waals surface area contributed by atoms with Crippen LogP contribution in [0.1, 0.15) is 21.9 Å². The monoisotopic (exact) mass is 268 g/mol. The number of aryl methyl sites for hydroxylation is 1. The first-order chi connectivity index (χ1) is 8.99. The topological polar surface area (TPSA) is 59.7 Å². The van der Waals surface area contributed by atoms with Crippen LogP contribution in [0.4, 0.5) is 8.78 Å². The van der Waals surface area contributed by atoms with Crippen LogP contribution >= 0.6 is 0 Å². The molecule has 19 heavy (non-hydrogen) atoms. The molecule has 0 saturated heterocycles. The summed E-state index contributed by atoms with van der Waals surface area (Å²) < 4.78 is 36.3. The van der Waals surface area contributed by atoms with Crippen LogP contribution in [0.3, 0.4) is 0 Å². The van der Waals surface area contributed by atoms with Gasteiger partial charge in [-0.15, -0.1) is 0 Å². The highest BCUT2D eigenvalue weighted by Gasteiger charge is 2.15. The molecule has 0 bridgehead atoms. The number of rotatable bonds is 4. The number of furan rings is 1. The van der Waals surface area contributed by atoms with Gasteiger partial charge in [-0.2, -0.15) is 4.39 Å². The van der Waals surface area contributed by atoms with Gasteiger partial charge < -0.3 is 14.3 Å². The van der Waals surface area contributed by atoms with Crippen molar-refractivity contribution in [2.75, 3.05) is 0 Å². The summed E-state index contributed by atoms with van der Waals surface area (Å²) in [6.45, 7) is 1.45. The second kappa shape index (κ2) is 5.09. The Hall–Kier alpha value is -2.37. The van der Waals surface area contributed by atoms with E-state index < -0.39 is 17.6 Å². The fourth-order valence-electron chi connectivity index (χ4n) is 1.52. The molecule has 2 aromatic rings.